The second kappa shape index (κ2) is 6.63. The Balaban J connectivity index is 1.70. The van der Waals surface area contributed by atoms with Crippen molar-refractivity contribution < 1.29 is 5.11 Å². The summed E-state index contributed by atoms with van der Waals surface area (Å²) in [7, 11) is 0. The summed E-state index contributed by atoms with van der Waals surface area (Å²) in [5, 5.41) is 13.7. The highest BCUT2D eigenvalue weighted by Gasteiger charge is 2.27. The number of hydrogen-bond acceptors (Lipinski definition) is 4. The van der Waals surface area contributed by atoms with Crippen molar-refractivity contribution in [2.45, 2.75) is 31.4 Å². The van der Waals surface area contributed by atoms with Gasteiger partial charge in [-0.1, -0.05) is 23.2 Å². The van der Waals surface area contributed by atoms with Crippen molar-refractivity contribution in [3.05, 3.63) is 49.9 Å². The Hall–Kier alpha value is -0.650. The van der Waals surface area contributed by atoms with Crippen LogP contribution in [0.25, 0.3) is 0 Å². The Bertz CT molecular complexity index is 618. The lowest BCUT2D eigenvalue weighted by Gasteiger charge is -2.26. The summed E-state index contributed by atoms with van der Waals surface area (Å²) in [6.07, 6.45) is 5.92. The lowest BCUT2D eigenvalue weighted by atomic mass is 9.91. The van der Waals surface area contributed by atoms with E-state index in [1.54, 1.807) is 12.4 Å². The molecule has 2 aromatic rings. The van der Waals surface area contributed by atoms with Crippen molar-refractivity contribution in [2.24, 2.45) is 0 Å². The molecule has 0 bridgehead atoms. The van der Waals surface area contributed by atoms with Gasteiger partial charge in [0, 0.05) is 30.5 Å². The van der Waals surface area contributed by atoms with Gasteiger partial charge < -0.3 is 10.4 Å². The van der Waals surface area contributed by atoms with E-state index in [9.17, 15) is 5.11 Å². The first-order chi connectivity index (χ1) is 10.2. The fourth-order valence-electron chi connectivity index (χ4n) is 2.79. The van der Waals surface area contributed by atoms with Gasteiger partial charge in [0.25, 0.3) is 0 Å². The molecule has 0 aromatic carbocycles. The number of aromatic nitrogens is 1. The van der Waals surface area contributed by atoms with Crippen LogP contribution in [0.3, 0.4) is 0 Å². The Labute approximate surface area is 137 Å². The van der Waals surface area contributed by atoms with E-state index in [1.807, 2.05) is 12.1 Å². The van der Waals surface area contributed by atoms with Gasteiger partial charge in [0.05, 0.1) is 14.8 Å². The number of rotatable bonds is 4. The molecule has 0 amide bonds. The number of hydrogen-bond donors (Lipinski definition) is 2. The largest absolute Gasteiger partial charge is 0.387 e. The Morgan fingerprint density at radius 3 is 2.86 bits per heavy atom. The Morgan fingerprint density at radius 2 is 2.10 bits per heavy atom. The molecule has 0 fully saturated rings. The number of pyridine rings is 1. The second-order valence-corrected chi connectivity index (χ2v) is 7.42. The van der Waals surface area contributed by atoms with E-state index in [0.29, 0.717) is 6.54 Å². The Kier molecular flexibility index (Phi) is 4.82. The summed E-state index contributed by atoms with van der Waals surface area (Å²) in [5.74, 6) is 0. The average Bonchev–Trinajstić information content (AvgIpc) is 2.81. The van der Waals surface area contributed by atoms with Crippen molar-refractivity contribution in [2.75, 3.05) is 6.54 Å². The normalized spacial score (nSPS) is 19.3. The van der Waals surface area contributed by atoms with Gasteiger partial charge in [0.15, 0.2) is 0 Å². The van der Waals surface area contributed by atoms with Crippen molar-refractivity contribution in [1.29, 1.82) is 0 Å². The molecule has 3 rings (SSSR count). The highest BCUT2D eigenvalue weighted by atomic mass is 35.5. The Morgan fingerprint density at radius 1 is 1.33 bits per heavy atom. The number of fused-ring (bicyclic) bond motifs is 1. The van der Waals surface area contributed by atoms with Gasteiger partial charge in [-0.3, -0.25) is 4.98 Å². The van der Waals surface area contributed by atoms with E-state index in [1.165, 1.54) is 16.9 Å². The minimum Gasteiger partial charge on any atom is -0.387 e. The molecule has 21 heavy (non-hydrogen) atoms. The number of nitrogens with zero attached hydrogens (tertiary/aromatic N) is 1. The first-order valence-electron chi connectivity index (χ1n) is 6.94. The fourth-order valence-corrected chi connectivity index (χ4v) is 4.68. The molecule has 0 saturated carbocycles. The number of aliphatic hydroxyl groups is 1. The quantitative estimate of drug-likeness (QED) is 0.877. The fraction of sp³-hybridized carbons (Fsp3) is 0.400. The predicted octanol–water partition coefficient (Wildman–Crippen LogP) is 4.15. The average molecular weight is 343 g/mol. The van der Waals surface area contributed by atoms with E-state index in [2.05, 4.69) is 10.3 Å². The summed E-state index contributed by atoms with van der Waals surface area (Å²) in [4.78, 5) is 3.96. The molecule has 2 heterocycles. The molecule has 3 nitrogen and oxygen atoms in total. The van der Waals surface area contributed by atoms with E-state index in [0.717, 1.165) is 39.1 Å². The van der Waals surface area contributed by atoms with Crippen molar-refractivity contribution in [3.8, 4) is 0 Å². The summed E-state index contributed by atoms with van der Waals surface area (Å²) >= 11 is 14.0. The lowest BCUT2D eigenvalue weighted by Crippen LogP contribution is -2.28. The number of halogens is 2. The molecule has 0 saturated heterocycles. The number of nitrogens with one attached hydrogen (secondary N) is 1. The van der Waals surface area contributed by atoms with E-state index >= 15 is 0 Å². The SMILES string of the molecule is OC(CNC1CCCc2c(Cl)sc(Cl)c21)c1ccncc1. The third-order valence-electron chi connectivity index (χ3n) is 3.87. The van der Waals surface area contributed by atoms with Crippen LogP contribution in [0.5, 0.6) is 0 Å². The molecule has 1 aliphatic rings. The summed E-state index contributed by atoms with van der Waals surface area (Å²) in [6.45, 7) is 0.484. The first-order valence-corrected chi connectivity index (χ1v) is 8.52. The zero-order valence-corrected chi connectivity index (χ0v) is 13.7. The van der Waals surface area contributed by atoms with Crippen LogP contribution in [-0.4, -0.2) is 16.6 Å². The zero-order valence-electron chi connectivity index (χ0n) is 11.4. The molecular formula is C15H16Cl2N2OS. The van der Waals surface area contributed by atoms with E-state index in [-0.39, 0.29) is 6.04 Å². The van der Waals surface area contributed by atoms with Crippen molar-refractivity contribution in [3.63, 3.8) is 0 Å². The standard InChI is InChI=1S/C15H16Cl2N2OS/c16-14-10-2-1-3-11(13(10)15(17)21-14)19-8-12(20)9-4-6-18-7-5-9/h4-7,11-12,19-20H,1-3,8H2. The molecule has 6 heteroatoms. The molecule has 2 N–H and O–H groups in total. The maximum atomic E-state index is 10.2. The minimum atomic E-state index is -0.550. The van der Waals surface area contributed by atoms with Crippen LogP contribution in [0.15, 0.2) is 24.5 Å². The van der Waals surface area contributed by atoms with E-state index < -0.39 is 6.10 Å². The maximum absolute atomic E-state index is 10.2. The molecule has 2 unspecified atom stereocenters. The maximum Gasteiger partial charge on any atom is 0.0994 e. The third-order valence-corrected chi connectivity index (χ3v) is 5.59. The van der Waals surface area contributed by atoms with Crippen LogP contribution < -0.4 is 5.32 Å². The molecule has 0 radical (unpaired) electrons. The van der Waals surface area contributed by atoms with E-state index in [4.69, 9.17) is 23.2 Å². The highest BCUT2D eigenvalue weighted by Crippen LogP contribution is 2.44. The topological polar surface area (TPSA) is 45.1 Å². The highest BCUT2D eigenvalue weighted by molar-refractivity contribution is 7.20. The predicted molar refractivity (Wildman–Crippen MR) is 87.2 cm³/mol. The molecule has 112 valence electrons. The van der Waals surface area contributed by atoms with Crippen LogP contribution in [0.4, 0.5) is 0 Å². The van der Waals surface area contributed by atoms with Gasteiger partial charge in [0.1, 0.15) is 0 Å². The molecule has 0 aliphatic heterocycles. The van der Waals surface area contributed by atoms with Gasteiger partial charge in [-0.25, -0.2) is 0 Å². The smallest absolute Gasteiger partial charge is 0.0994 e. The summed E-state index contributed by atoms with van der Waals surface area (Å²) < 4.78 is 1.57. The lowest BCUT2D eigenvalue weighted by molar-refractivity contribution is 0.168. The van der Waals surface area contributed by atoms with Gasteiger partial charge in [-0.05, 0) is 42.5 Å². The van der Waals surface area contributed by atoms with Crippen LogP contribution in [0.2, 0.25) is 8.67 Å². The van der Waals surface area contributed by atoms with Crippen LogP contribution in [0, 0.1) is 0 Å². The first kappa shape index (κ1) is 15.3. The van der Waals surface area contributed by atoms with Gasteiger partial charge in [-0.15, -0.1) is 11.3 Å². The number of thiophene rings is 1. The van der Waals surface area contributed by atoms with Crippen LogP contribution in [-0.2, 0) is 6.42 Å². The monoisotopic (exact) mass is 342 g/mol. The van der Waals surface area contributed by atoms with Crippen LogP contribution >= 0.6 is 34.5 Å². The third kappa shape index (κ3) is 3.25. The summed E-state index contributed by atoms with van der Waals surface area (Å²) in [5.41, 5.74) is 3.16. The van der Waals surface area contributed by atoms with Gasteiger partial charge in [0.2, 0.25) is 0 Å². The molecule has 2 aromatic heterocycles. The second-order valence-electron chi connectivity index (χ2n) is 5.19. The molecular weight excluding hydrogens is 327 g/mol. The van der Waals surface area contributed by atoms with Gasteiger partial charge in [-0.2, -0.15) is 0 Å². The molecule has 2 atom stereocenters. The summed E-state index contributed by atoms with van der Waals surface area (Å²) in [6, 6.07) is 3.82. The van der Waals surface area contributed by atoms with Crippen molar-refractivity contribution in [1.82, 2.24) is 10.3 Å². The van der Waals surface area contributed by atoms with Crippen LogP contribution in [0.1, 0.15) is 41.7 Å². The van der Waals surface area contributed by atoms with Gasteiger partial charge >= 0.3 is 0 Å². The molecule has 1 aliphatic carbocycles. The minimum absolute atomic E-state index is 0.168. The van der Waals surface area contributed by atoms with Crippen molar-refractivity contribution >= 4 is 34.5 Å². The number of aliphatic hydroxyl groups excluding tert-OH is 1. The zero-order chi connectivity index (χ0) is 14.8. The molecule has 0 spiro atoms.